The quantitative estimate of drug-likeness (QED) is 0.711. The fourth-order valence-corrected chi connectivity index (χ4v) is 2.25. The second kappa shape index (κ2) is 3.44. The van der Waals surface area contributed by atoms with Crippen molar-refractivity contribution in [1.82, 2.24) is 19.5 Å². The Morgan fingerprint density at radius 3 is 3.06 bits per heavy atom. The van der Waals surface area contributed by atoms with E-state index in [1.165, 1.54) is 0 Å². The summed E-state index contributed by atoms with van der Waals surface area (Å²) in [6, 6.07) is 0.212. The molecule has 3 rings (SSSR count). The molecule has 0 spiro atoms. The minimum atomic E-state index is -0.290. The highest BCUT2D eigenvalue weighted by atomic mass is 16.1. The van der Waals surface area contributed by atoms with E-state index in [1.807, 2.05) is 4.57 Å². The molecule has 0 unspecified atom stereocenters. The lowest BCUT2D eigenvalue weighted by atomic mass is 10.1. The lowest BCUT2D eigenvalue weighted by Crippen LogP contribution is -2.13. The normalized spacial score (nSPS) is 23.6. The number of allylic oxidation sites excluding steroid dienone is 2. The molecule has 88 valence electrons. The predicted octanol–water partition coefficient (Wildman–Crippen LogP) is 0.839. The van der Waals surface area contributed by atoms with E-state index in [0.717, 1.165) is 6.42 Å². The van der Waals surface area contributed by atoms with Crippen molar-refractivity contribution in [2.75, 3.05) is 5.73 Å². The Labute approximate surface area is 97.2 Å². The molecule has 1 aliphatic carbocycles. The van der Waals surface area contributed by atoms with Gasteiger partial charge in [0.2, 0.25) is 5.95 Å². The van der Waals surface area contributed by atoms with Crippen molar-refractivity contribution in [3.63, 3.8) is 0 Å². The minimum absolute atomic E-state index is 0.124. The summed E-state index contributed by atoms with van der Waals surface area (Å²) < 4.78 is 1.90. The number of imidazole rings is 1. The van der Waals surface area contributed by atoms with E-state index in [2.05, 4.69) is 34.0 Å². The number of nitrogens with two attached hydrogens (primary N) is 1. The molecular weight excluding hydrogens is 218 g/mol. The number of H-pyrrole nitrogens is 1. The molecule has 6 nitrogen and oxygen atoms in total. The number of hydrogen-bond donors (Lipinski definition) is 2. The molecule has 2 atom stereocenters. The van der Waals surface area contributed by atoms with Crippen LogP contribution in [0.25, 0.3) is 11.2 Å². The summed E-state index contributed by atoms with van der Waals surface area (Å²) in [6.07, 6.45) is 6.93. The Morgan fingerprint density at radius 1 is 1.53 bits per heavy atom. The van der Waals surface area contributed by atoms with E-state index in [0.29, 0.717) is 17.1 Å². The largest absolute Gasteiger partial charge is 0.369 e. The SMILES string of the molecule is C[C@@H]1C=C[C@H](n2cnc3c(=O)[nH]c(N)nc32)C1. The first-order chi connectivity index (χ1) is 8.15. The van der Waals surface area contributed by atoms with E-state index in [4.69, 9.17) is 5.73 Å². The molecule has 1 aliphatic rings. The van der Waals surface area contributed by atoms with Crippen LogP contribution in [0.4, 0.5) is 5.95 Å². The second-order valence-corrected chi connectivity index (χ2v) is 4.44. The smallest absolute Gasteiger partial charge is 0.280 e. The molecule has 0 saturated heterocycles. The van der Waals surface area contributed by atoms with Crippen LogP contribution in [0.3, 0.4) is 0 Å². The van der Waals surface area contributed by atoms with E-state index >= 15 is 0 Å². The molecule has 0 aliphatic heterocycles. The highest BCUT2D eigenvalue weighted by molar-refractivity contribution is 5.70. The van der Waals surface area contributed by atoms with Gasteiger partial charge in [0.25, 0.3) is 5.56 Å². The highest BCUT2D eigenvalue weighted by Crippen LogP contribution is 2.28. The first kappa shape index (κ1) is 10.1. The van der Waals surface area contributed by atoms with Crippen LogP contribution in [0.2, 0.25) is 0 Å². The van der Waals surface area contributed by atoms with Gasteiger partial charge in [0.05, 0.1) is 12.4 Å². The molecular formula is C11H13N5O. The third kappa shape index (κ3) is 1.52. The van der Waals surface area contributed by atoms with Gasteiger partial charge >= 0.3 is 0 Å². The molecule has 0 radical (unpaired) electrons. The van der Waals surface area contributed by atoms with Gasteiger partial charge in [-0.15, -0.1) is 0 Å². The molecule has 0 fully saturated rings. The molecule has 0 bridgehead atoms. The van der Waals surface area contributed by atoms with Gasteiger partial charge < -0.3 is 10.3 Å². The third-order valence-electron chi connectivity index (χ3n) is 3.08. The first-order valence-electron chi connectivity index (χ1n) is 5.56. The zero-order chi connectivity index (χ0) is 12.0. The number of hydrogen-bond acceptors (Lipinski definition) is 4. The highest BCUT2D eigenvalue weighted by Gasteiger charge is 2.20. The summed E-state index contributed by atoms with van der Waals surface area (Å²) in [5.74, 6) is 0.663. The van der Waals surface area contributed by atoms with E-state index in [-0.39, 0.29) is 17.5 Å². The van der Waals surface area contributed by atoms with E-state index in [1.54, 1.807) is 6.33 Å². The molecule has 0 aromatic carbocycles. The van der Waals surface area contributed by atoms with Gasteiger partial charge in [0.15, 0.2) is 11.2 Å². The Morgan fingerprint density at radius 2 is 2.35 bits per heavy atom. The molecule has 6 heteroatoms. The van der Waals surface area contributed by atoms with Crippen LogP contribution in [0.1, 0.15) is 19.4 Å². The molecule has 0 saturated carbocycles. The monoisotopic (exact) mass is 231 g/mol. The second-order valence-electron chi connectivity index (χ2n) is 4.44. The summed E-state index contributed by atoms with van der Waals surface area (Å²) >= 11 is 0. The molecule has 2 heterocycles. The summed E-state index contributed by atoms with van der Waals surface area (Å²) in [5, 5.41) is 0. The van der Waals surface area contributed by atoms with Gasteiger partial charge in [-0.2, -0.15) is 4.98 Å². The van der Waals surface area contributed by atoms with Crippen molar-refractivity contribution in [3.8, 4) is 0 Å². The Kier molecular flexibility index (Phi) is 2.04. The average Bonchev–Trinajstić information content (AvgIpc) is 2.83. The maximum Gasteiger partial charge on any atom is 0.280 e. The zero-order valence-electron chi connectivity index (χ0n) is 9.42. The maximum atomic E-state index is 11.6. The lowest BCUT2D eigenvalue weighted by molar-refractivity contribution is 0.536. The van der Waals surface area contributed by atoms with Crippen LogP contribution in [0.15, 0.2) is 23.3 Å². The van der Waals surface area contributed by atoms with Crippen molar-refractivity contribution in [1.29, 1.82) is 0 Å². The van der Waals surface area contributed by atoms with Crippen molar-refractivity contribution in [3.05, 3.63) is 28.8 Å². The van der Waals surface area contributed by atoms with E-state index < -0.39 is 0 Å². The molecule has 17 heavy (non-hydrogen) atoms. The van der Waals surface area contributed by atoms with Crippen molar-refractivity contribution in [2.24, 2.45) is 5.92 Å². The predicted molar refractivity (Wildman–Crippen MR) is 64.5 cm³/mol. The number of fused-ring (bicyclic) bond motifs is 1. The maximum absolute atomic E-state index is 11.6. The van der Waals surface area contributed by atoms with Gasteiger partial charge in [0, 0.05) is 0 Å². The molecule has 2 aromatic rings. The standard InChI is InChI=1S/C11H13N5O/c1-6-2-3-7(4-6)16-5-13-8-9(16)14-11(12)15-10(8)17/h2-3,5-7H,4H2,1H3,(H3,12,14,15,17)/t6-,7+/m1/s1. The Bertz CT molecular complexity index is 653. The summed E-state index contributed by atoms with van der Waals surface area (Å²) in [7, 11) is 0. The van der Waals surface area contributed by atoms with Crippen molar-refractivity contribution < 1.29 is 0 Å². The summed E-state index contributed by atoms with van der Waals surface area (Å²) in [6.45, 7) is 2.16. The molecule has 3 N–H and O–H groups in total. The number of rotatable bonds is 1. The van der Waals surface area contributed by atoms with Crippen LogP contribution in [-0.2, 0) is 0 Å². The Hall–Kier alpha value is -2.11. The van der Waals surface area contributed by atoms with Gasteiger partial charge in [-0.25, -0.2) is 4.98 Å². The minimum Gasteiger partial charge on any atom is -0.369 e. The number of aromatic amines is 1. The van der Waals surface area contributed by atoms with Crippen LogP contribution >= 0.6 is 0 Å². The van der Waals surface area contributed by atoms with Gasteiger partial charge in [-0.3, -0.25) is 9.78 Å². The van der Waals surface area contributed by atoms with Crippen LogP contribution < -0.4 is 11.3 Å². The molecule has 2 aromatic heterocycles. The van der Waals surface area contributed by atoms with Crippen molar-refractivity contribution in [2.45, 2.75) is 19.4 Å². The summed E-state index contributed by atoms with van der Waals surface area (Å²) in [4.78, 5) is 22.3. The van der Waals surface area contributed by atoms with Crippen LogP contribution in [0.5, 0.6) is 0 Å². The molecule has 0 amide bonds. The fourth-order valence-electron chi connectivity index (χ4n) is 2.25. The van der Waals surface area contributed by atoms with E-state index in [9.17, 15) is 4.79 Å². The van der Waals surface area contributed by atoms with Gasteiger partial charge in [-0.05, 0) is 12.3 Å². The number of nitrogens with one attached hydrogen (secondary N) is 1. The average molecular weight is 231 g/mol. The zero-order valence-corrected chi connectivity index (χ0v) is 9.42. The summed E-state index contributed by atoms with van der Waals surface area (Å²) in [5.41, 5.74) is 6.15. The van der Waals surface area contributed by atoms with Gasteiger partial charge in [0.1, 0.15) is 0 Å². The number of nitrogen functional groups attached to an aromatic ring is 1. The topological polar surface area (TPSA) is 89.6 Å². The lowest BCUT2D eigenvalue weighted by Gasteiger charge is -2.11. The van der Waals surface area contributed by atoms with Crippen molar-refractivity contribution >= 4 is 17.1 Å². The van der Waals surface area contributed by atoms with Gasteiger partial charge in [-0.1, -0.05) is 19.1 Å². The fraction of sp³-hybridized carbons (Fsp3) is 0.364. The number of aromatic nitrogens is 4. The van der Waals surface area contributed by atoms with Crippen LogP contribution in [-0.4, -0.2) is 19.5 Å². The number of anilines is 1. The Balaban J connectivity index is 2.18. The first-order valence-corrected chi connectivity index (χ1v) is 5.56. The number of nitrogens with zero attached hydrogens (tertiary/aromatic N) is 3. The third-order valence-corrected chi connectivity index (χ3v) is 3.08. The van der Waals surface area contributed by atoms with Crippen LogP contribution in [0, 0.1) is 5.92 Å².